The zero-order chi connectivity index (χ0) is 10.8. The molecule has 0 saturated carbocycles. The Morgan fingerprint density at radius 3 is 2.00 bits per heavy atom. The fourth-order valence-corrected chi connectivity index (χ4v) is 2.13. The van der Waals surface area contributed by atoms with E-state index in [-0.39, 0.29) is 0 Å². The van der Waals surface area contributed by atoms with Crippen LogP contribution in [0.25, 0.3) is 0 Å². The van der Waals surface area contributed by atoms with Crippen molar-refractivity contribution in [2.45, 2.75) is 71.8 Å². The molecule has 1 N–H and O–H groups in total. The summed E-state index contributed by atoms with van der Waals surface area (Å²) in [6.07, 6.45) is 9.53. The van der Waals surface area contributed by atoms with Crippen molar-refractivity contribution in [3.8, 4) is 0 Å². The molecule has 0 heterocycles. The van der Waals surface area contributed by atoms with Gasteiger partial charge in [-0.3, -0.25) is 0 Å². The van der Waals surface area contributed by atoms with E-state index in [1.807, 2.05) is 0 Å². The van der Waals surface area contributed by atoms with Gasteiger partial charge in [0.1, 0.15) is 0 Å². The van der Waals surface area contributed by atoms with Crippen LogP contribution in [0.3, 0.4) is 0 Å². The average molecular weight is 199 g/mol. The number of hydrogen-bond donors (Lipinski definition) is 1. The first-order chi connectivity index (χ1) is 6.78. The molecule has 0 aliphatic heterocycles. The summed E-state index contributed by atoms with van der Waals surface area (Å²) in [5.41, 5.74) is 0. The molecule has 0 aromatic carbocycles. The predicted octanol–water partition coefficient (Wildman–Crippen LogP) is 3.98. The third-order valence-electron chi connectivity index (χ3n) is 3.37. The van der Waals surface area contributed by atoms with Crippen molar-refractivity contribution in [1.29, 1.82) is 0 Å². The Hall–Kier alpha value is -0.0400. The summed E-state index contributed by atoms with van der Waals surface area (Å²) in [6.45, 7) is 6.90. The lowest BCUT2D eigenvalue weighted by atomic mass is 9.94. The van der Waals surface area contributed by atoms with Crippen molar-refractivity contribution in [2.24, 2.45) is 5.92 Å². The molecule has 0 aliphatic rings. The van der Waals surface area contributed by atoms with Crippen LogP contribution in [0.4, 0.5) is 0 Å². The minimum absolute atomic E-state index is 0.759. The predicted molar refractivity (Wildman–Crippen MR) is 65.7 cm³/mol. The standard InChI is InChI=1S/C13H29N/c1-5-9-13(14-4)11-8-10-12(6-2)7-3/h12-14H,5-11H2,1-4H3. The van der Waals surface area contributed by atoms with Crippen LogP contribution < -0.4 is 5.32 Å². The fourth-order valence-electron chi connectivity index (χ4n) is 2.13. The number of rotatable bonds is 9. The highest BCUT2D eigenvalue weighted by molar-refractivity contribution is 4.65. The van der Waals surface area contributed by atoms with Gasteiger partial charge in [-0.15, -0.1) is 0 Å². The Balaban J connectivity index is 3.48. The molecule has 0 spiro atoms. The fraction of sp³-hybridized carbons (Fsp3) is 1.00. The van der Waals surface area contributed by atoms with E-state index < -0.39 is 0 Å². The quantitative estimate of drug-likeness (QED) is 0.592. The molecule has 14 heavy (non-hydrogen) atoms. The molecule has 0 aromatic rings. The maximum absolute atomic E-state index is 3.41. The lowest BCUT2D eigenvalue weighted by Gasteiger charge is -2.17. The van der Waals surface area contributed by atoms with E-state index in [0.717, 1.165) is 12.0 Å². The van der Waals surface area contributed by atoms with Crippen LogP contribution in [-0.2, 0) is 0 Å². The van der Waals surface area contributed by atoms with Gasteiger partial charge in [-0.2, -0.15) is 0 Å². The van der Waals surface area contributed by atoms with Gasteiger partial charge in [-0.05, 0) is 25.8 Å². The van der Waals surface area contributed by atoms with Crippen molar-refractivity contribution < 1.29 is 0 Å². The van der Waals surface area contributed by atoms with E-state index in [1.54, 1.807) is 0 Å². The summed E-state index contributed by atoms with van der Waals surface area (Å²) >= 11 is 0. The molecule has 0 aromatic heterocycles. The van der Waals surface area contributed by atoms with E-state index in [1.165, 1.54) is 44.9 Å². The van der Waals surface area contributed by atoms with Gasteiger partial charge in [0.15, 0.2) is 0 Å². The number of nitrogens with one attached hydrogen (secondary N) is 1. The van der Waals surface area contributed by atoms with Crippen molar-refractivity contribution in [3.63, 3.8) is 0 Å². The monoisotopic (exact) mass is 199 g/mol. The van der Waals surface area contributed by atoms with Crippen LogP contribution in [0.1, 0.15) is 65.7 Å². The van der Waals surface area contributed by atoms with Gasteiger partial charge in [-0.25, -0.2) is 0 Å². The van der Waals surface area contributed by atoms with Gasteiger partial charge in [0.2, 0.25) is 0 Å². The molecule has 0 bridgehead atoms. The second-order valence-electron chi connectivity index (χ2n) is 4.39. The van der Waals surface area contributed by atoms with Gasteiger partial charge >= 0.3 is 0 Å². The summed E-state index contributed by atoms with van der Waals surface area (Å²) < 4.78 is 0. The van der Waals surface area contributed by atoms with E-state index in [9.17, 15) is 0 Å². The van der Waals surface area contributed by atoms with Gasteiger partial charge < -0.3 is 5.32 Å². The summed E-state index contributed by atoms with van der Waals surface area (Å²) in [6, 6.07) is 0.759. The molecule has 0 amide bonds. The van der Waals surface area contributed by atoms with Crippen LogP contribution >= 0.6 is 0 Å². The van der Waals surface area contributed by atoms with Gasteiger partial charge in [0.25, 0.3) is 0 Å². The van der Waals surface area contributed by atoms with E-state index >= 15 is 0 Å². The Bertz CT molecular complexity index is 108. The van der Waals surface area contributed by atoms with Crippen molar-refractivity contribution in [1.82, 2.24) is 5.32 Å². The normalized spacial score (nSPS) is 13.5. The molecule has 0 radical (unpaired) electrons. The van der Waals surface area contributed by atoms with Crippen LogP contribution in [0.2, 0.25) is 0 Å². The summed E-state index contributed by atoms with van der Waals surface area (Å²) in [4.78, 5) is 0. The minimum atomic E-state index is 0.759. The van der Waals surface area contributed by atoms with Crippen molar-refractivity contribution in [3.05, 3.63) is 0 Å². The summed E-state index contributed by atoms with van der Waals surface area (Å²) in [5, 5.41) is 3.41. The molecule has 0 saturated heterocycles. The maximum Gasteiger partial charge on any atom is 0.00639 e. The third kappa shape index (κ3) is 6.42. The first kappa shape index (κ1) is 14.0. The van der Waals surface area contributed by atoms with E-state index in [0.29, 0.717) is 0 Å². The molecule has 1 heteroatoms. The topological polar surface area (TPSA) is 12.0 Å². The van der Waals surface area contributed by atoms with Crippen LogP contribution in [0.5, 0.6) is 0 Å². The molecule has 0 rings (SSSR count). The van der Waals surface area contributed by atoms with E-state index in [2.05, 4.69) is 33.1 Å². The Kier molecular flexibility index (Phi) is 9.49. The Morgan fingerprint density at radius 2 is 1.57 bits per heavy atom. The van der Waals surface area contributed by atoms with Crippen LogP contribution in [0.15, 0.2) is 0 Å². The minimum Gasteiger partial charge on any atom is -0.317 e. The zero-order valence-electron chi connectivity index (χ0n) is 10.6. The van der Waals surface area contributed by atoms with Crippen LogP contribution in [-0.4, -0.2) is 13.1 Å². The second-order valence-corrected chi connectivity index (χ2v) is 4.39. The molecular formula is C13H29N. The lowest BCUT2D eigenvalue weighted by Crippen LogP contribution is -2.24. The second kappa shape index (κ2) is 9.51. The molecular weight excluding hydrogens is 170 g/mol. The summed E-state index contributed by atoms with van der Waals surface area (Å²) in [5.74, 6) is 0.967. The molecule has 0 aliphatic carbocycles. The molecule has 1 atom stereocenters. The molecule has 0 fully saturated rings. The van der Waals surface area contributed by atoms with E-state index in [4.69, 9.17) is 0 Å². The Morgan fingerprint density at radius 1 is 0.929 bits per heavy atom. The maximum atomic E-state index is 3.41. The van der Waals surface area contributed by atoms with Crippen molar-refractivity contribution >= 4 is 0 Å². The van der Waals surface area contributed by atoms with Gasteiger partial charge in [-0.1, -0.05) is 52.9 Å². The van der Waals surface area contributed by atoms with Gasteiger partial charge in [0, 0.05) is 6.04 Å². The summed E-state index contributed by atoms with van der Waals surface area (Å²) in [7, 11) is 2.09. The highest BCUT2D eigenvalue weighted by Crippen LogP contribution is 2.17. The highest BCUT2D eigenvalue weighted by atomic mass is 14.9. The highest BCUT2D eigenvalue weighted by Gasteiger charge is 2.07. The third-order valence-corrected chi connectivity index (χ3v) is 3.37. The SMILES string of the molecule is CCCC(CCCC(CC)CC)NC. The average Bonchev–Trinajstić information content (AvgIpc) is 2.23. The van der Waals surface area contributed by atoms with Crippen molar-refractivity contribution in [2.75, 3.05) is 7.05 Å². The molecule has 1 nitrogen and oxygen atoms in total. The number of hydrogen-bond acceptors (Lipinski definition) is 1. The molecule has 86 valence electrons. The van der Waals surface area contributed by atoms with Crippen LogP contribution in [0, 0.1) is 5.92 Å². The first-order valence-corrected chi connectivity index (χ1v) is 6.45. The zero-order valence-corrected chi connectivity index (χ0v) is 10.6. The Labute approximate surface area is 90.7 Å². The lowest BCUT2D eigenvalue weighted by molar-refractivity contribution is 0.396. The first-order valence-electron chi connectivity index (χ1n) is 6.45. The molecule has 1 unspecified atom stereocenters. The largest absolute Gasteiger partial charge is 0.317 e. The van der Waals surface area contributed by atoms with Gasteiger partial charge in [0.05, 0.1) is 0 Å². The smallest absolute Gasteiger partial charge is 0.00639 e.